The molecule has 2 rings (SSSR count). The van der Waals surface area contributed by atoms with Crippen LogP contribution < -0.4 is 11.1 Å². The van der Waals surface area contributed by atoms with Gasteiger partial charge in [0.05, 0.1) is 17.1 Å². The highest BCUT2D eigenvalue weighted by molar-refractivity contribution is 6.04. The molecule has 0 saturated carbocycles. The lowest BCUT2D eigenvalue weighted by Gasteiger charge is -2.09. The Bertz CT molecular complexity index is 641. The average Bonchev–Trinajstić information content (AvgIpc) is 2.75. The molecule has 5 heteroatoms. The molecule has 0 aliphatic carbocycles. The van der Waals surface area contributed by atoms with Crippen molar-refractivity contribution >= 4 is 11.6 Å². The van der Waals surface area contributed by atoms with Gasteiger partial charge in [-0.05, 0) is 45.4 Å². The fraction of sp³-hybridized carbons (Fsp3) is 0.375. The van der Waals surface area contributed by atoms with Crippen LogP contribution in [0.5, 0.6) is 0 Å². The summed E-state index contributed by atoms with van der Waals surface area (Å²) in [5, 5.41) is 7.42. The van der Waals surface area contributed by atoms with Crippen LogP contribution in [0.25, 0.3) is 0 Å². The number of hydrogen-bond acceptors (Lipinski definition) is 3. The van der Waals surface area contributed by atoms with Gasteiger partial charge >= 0.3 is 0 Å². The van der Waals surface area contributed by atoms with Crippen molar-refractivity contribution in [1.29, 1.82) is 0 Å². The summed E-state index contributed by atoms with van der Waals surface area (Å²) in [4.78, 5) is 12.3. The van der Waals surface area contributed by atoms with Crippen LogP contribution in [-0.2, 0) is 6.54 Å². The maximum absolute atomic E-state index is 12.3. The predicted octanol–water partition coefficient (Wildman–Crippen LogP) is 2.79. The van der Waals surface area contributed by atoms with E-state index in [0.717, 1.165) is 22.6 Å². The van der Waals surface area contributed by atoms with E-state index in [1.165, 1.54) is 0 Å². The lowest BCUT2D eigenvalue weighted by molar-refractivity contribution is 0.102. The van der Waals surface area contributed by atoms with E-state index < -0.39 is 0 Å². The summed E-state index contributed by atoms with van der Waals surface area (Å²) in [7, 11) is 0. The molecule has 0 saturated heterocycles. The molecule has 0 atom stereocenters. The third-order valence-corrected chi connectivity index (χ3v) is 3.50. The monoisotopic (exact) mass is 286 g/mol. The van der Waals surface area contributed by atoms with Crippen LogP contribution in [0, 0.1) is 13.8 Å². The molecule has 21 heavy (non-hydrogen) atoms. The molecule has 1 aromatic carbocycles. The maximum Gasteiger partial charge on any atom is 0.255 e. The summed E-state index contributed by atoms with van der Waals surface area (Å²) in [5.41, 5.74) is 9.76. The highest BCUT2D eigenvalue weighted by Gasteiger charge is 2.16. The van der Waals surface area contributed by atoms with Crippen molar-refractivity contribution in [1.82, 2.24) is 9.78 Å². The third-order valence-electron chi connectivity index (χ3n) is 3.50. The van der Waals surface area contributed by atoms with E-state index in [-0.39, 0.29) is 11.9 Å². The maximum atomic E-state index is 12.3. The summed E-state index contributed by atoms with van der Waals surface area (Å²) in [5.74, 6) is -0.131. The van der Waals surface area contributed by atoms with Gasteiger partial charge in [0.25, 0.3) is 5.91 Å². The molecule has 0 radical (unpaired) electrons. The van der Waals surface area contributed by atoms with E-state index in [1.54, 1.807) is 12.1 Å². The third kappa shape index (κ3) is 3.13. The number of rotatable bonds is 4. The number of nitrogens with zero attached hydrogens (tertiary/aromatic N) is 2. The zero-order valence-corrected chi connectivity index (χ0v) is 13.0. The van der Waals surface area contributed by atoms with Crippen LogP contribution >= 0.6 is 0 Å². The van der Waals surface area contributed by atoms with E-state index in [9.17, 15) is 4.79 Å². The first-order valence-corrected chi connectivity index (χ1v) is 7.10. The Labute approximate surface area is 125 Å². The van der Waals surface area contributed by atoms with Gasteiger partial charge in [-0.2, -0.15) is 5.10 Å². The van der Waals surface area contributed by atoms with E-state index >= 15 is 0 Å². The molecule has 0 aliphatic heterocycles. The molecular formula is C16H22N4O. The van der Waals surface area contributed by atoms with Crippen LogP contribution in [0.3, 0.4) is 0 Å². The molecule has 3 N–H and O–H groups in total. The van der Waals surface area contributed by atoms with Crippen molar-refractivity contribution in [3.8, 4) is 0 Å². The largest absolute Gasteiger partial charge is 0.326 e. The number of nitrogens with two attached hydrogens (primary N) is 1. The molecule has 2 aromatic rings. The van der Waals surface area contributed by atoms with Gasteiger partial charge in [0.1, 0.15) is 0 Å². The molecular weight excluding hydrogens is 264 g/mol. The predicted molar refractivity (Wildman–Crippen MR) is 84.4 cm³/mol. The first-order chi connectivity index (χ1) is 9.93. The van der Waals surface area contributed by atoms with Crippen molar-refractivity contribution in [2.75, 3.05) is 5.32 Å². The van der Waals surface area contributed by atoms with Gasteiger partial charge in [-0.1, -0.05) is 12.1 Å². The Morgan fingerprint density at radius 1 is 1.29 bits per heavy atom. The number of aryl methyl sites for hydroxylation is 1. The number of benzene rings is 1. The average molecular weight is 286 g/mol. The molecule has 1 aromatic heterocycles. The van der Waals surface area contributed by atoms with Gasteiger partial charge < -0.3 is 11.1 Å². The van der Waals surface area contributed by atoms with Gasteiger partial charge in [-0.3, -0.25) is 9.48 Å². The Kier molecular flexibility index (Phi) is 4.43. The molecule has 1 amide bonds. The van der Waals surface area contributed by atoms with Gasteiger partial charge in [-0.15, -0.1) is 0 Å². The molecule has 0 bridgehead atoms. The number of carbonyl (C=O) groups is 1. The summed E-state index contributed by atoms with van der Waals surface area (Å²) < 4.78 is 1.92. The van der Waals surface area contributed by atoms with Crippen molar-refractivity contribution < 1.29 is 4.79 Å². The van der Waals surface area contributed by atoms with Crippen molar-refractivity contribution in [3.63, 3.8) is 0 Å². The van der Waals surface area contributed by atoms with Crippen LogP contribution in [0.2, 0.25) is 0 Å². The molecule has 0 unspecified atom stereocenters. The summed E-state index contributed by atoms with van der Waals surface area (Å²) >= 11 is 0. The van der Waals surface area contributed by atoms with Gasteiger partial charge in [0.15, 0.2) is 0 Å². The standard InChI is InChI=1S/C16H22N4O/c1-10(2)20-12(4)15(11(3)19-20)18-16(21)14-7-5-13(9-17)6-8-14/h5-8,10H,9,17H2,1-4H3,(H,18,21). The van der Waals surface area contributed by atoms with Crippen LogP contribution in [-0.4, -0.2) is 15.7 Å². The molecule has 0 fully saturated rings. The van der Waals surface area contributed by atoms with E-state index in [4.69, 9.17) is 5.73 Å². The number of hydrogen-bond donors (Lipinski definition) is 2. The lowest BCUT2D eigenvalue weighted by Crippen LogP contribution is -2.13. The molecule has 1 heterocycles. The second-order valence-electron chi connectivity index (χ2n) is 5.44. The van der Waals surface area contributed by atoms with Gasteiger partial charge in [-0.25, -0.2) is 0 Å². The number of carbonyl (C=O) groups excluding carboxylic acids is 1. The molecule has 0 aliphatic rings. The second-order valence-corrected chi connectivity index (χ2v) is 5.44. The number of nitrogens with one attached hydrogen (secondary N) is 1. The SMILES string of the molecule is Cc1nn(C(C)C)c(C)c1NC(=O)c1ccc(CN)cc1. The first kappa shape index (κ1) is 15.3. The Morgan fingerprint density at radius 2 is 1.90 bits per heavy atom. The van der Waals surface area contributed by atoms with E-state index in [0.29, 0.717) is 12.1 Å². The minimum atomic E-state index is -0.131. The number of anilines is 1. The molecule has 0 spiro atoms. The quantitative estimate of drug-likeness (QED) is 0.907. The first-order valence-electron chi connectivity index (χ1n) is 7.10. The van der Waals surface area contributed by atoms with Crippen molar-refractivity contribution in [3.05, 3.63) is 46.8 Å². The summed E-state index contributed by atoms with van der Waals surface area (Å²) in [6.45, 7) is 8.47. The van der Waals surface area contributed by atoms with Crippen molar-refractivity contribution in [2.45, 2.75) is 40.3 Å². The Hall–Kier alpha value is -2.14. The fourth-order valence-corrected chi connectivity index (χ4v) is 2.32. The zero-order valence-electron chi connectivity index (χ0n) is 13.0. The van der Waals surface area contributed by atoms with Gasteiger partial charge in [0.2, 0.25) is 0 Å². The highest BCUT2D eigenvalue weighted by atomic mass is 16.1. The minimum Gasteiger partial charge on any atom is -0.326 e. The van der Waals surface area contributed by atoms with Crippen LogP contribution in [0.1, 0.15) is 47.2 Å². The van der Waals surface area contributed by atoms with E-state index in [2.05, 4.69) is 24.3 Å². The van der Waals surface area contributed by atoms with E-state index in [1.807, 2.05) is 30.7 Å². The topological polar surface area (TPSA) is 72.9 Å². The summed E-state index contributed by atoms with van der Waals surface area (Å²) in [6.07, 6.45) is 0. The van der Waals surface area contributed by atoms with Crippen LogP contribution in [0.15, 0.2) is 24.3 Å². The lowest BCUT2D eigenvalue weighted by atomic mass is 10.1. The number of amides is 1. The summed E-state index contributed by atoms with van der Waals surface area (Å²) in [6, 6.07) is 7.57. The second kappa shape index (κ2) is 6.10. The molecule has 112 valence electrons. The Balaban J connectivity index is 2.23. The van der Waals surface area contributed by atoms with Gasteiger partial charge in [0, 0.05) is 18.2 Å². The normalized spacial score (nSPS) is 11.0. The number of aromatic nitrogens is 2. The highest BCUT2D eigenvalue weighted by Crippen LogP contribution is 2.23. The fourth-order valence-electron chi connectivity index (χ4n) is 2.32. The van der Waals surface area contributed by atoms with Crippen LogP contribution in [0.4, 0.5) is 5.69 Å². The minimum absolute atomic E-state index is 0.131. The molecule has 5 nitrogen and oxygen atoms in total. The zero-order chi connectivity index (χ0) is 15.6. The Morgan fingerprint density at radius 3 is 2.38 bits per heavy atom. The smallest absolute Gasteiger partial charge is 0.255 e. The van der Waals surface area contributed by atoms with Crippen molar-refractivity contribution in [2.24, 2.45) is 5.73 Å².